The molecular weight excluding hydrogens is 242 g/mol. The lowest BCUT2D eigenvalue weighted by atomic mass is 10.1. The molecule has 1 aliphatic rings. The van der Waals surface area contributed by atoms with Crippen LogP contribution in [0.25, 0.3) is 0 Å². The smallest absolute Gasteiger partial charge is 0.234 e. The highest BCUT2D eigenvalue weighted by atomic mass is 19.1. The third-order valence-electron chi connectivity index (χ3n) is 2.88. The number of rotatable bonds is 3. The van der Waals surface area contributed by atoms with Gasteiger partial charge in [-0.2, -0.15) is 0 Å². The van der Waals surface area contributed by atoms with Crippen molar-refractivity contribution in [3.63, 3.8) is 0 Å². The molecule has 1 amide bonds. The van der Waals surface area contributed by atoms with E-state index in [0.29, 0.717) is 13.1 Å². The summed E-state index contributed by atoms with van der Waals surface area (Å²) in [5.41, 5.74) is -0.344. The molecule has 0 aromatic heterocycles. The summed E-state index contributed by atoms with van der Waals surface area (Å²) < 4.78 is 26.9. The Morgan fingerprint density at radius 1 is 1.39 bits per heavy atom. The van der Waals surface area contributed by atoms with Gasteiger partial charge in [0.1, 0.15) is 11.6 Å². The van der Waals surface area contributed by atoms with Crippen molar-refractivity contribution in [2.75, 3.05) is 26.2 Å². The summed E-state index contributed by atoms with van der Waals surface area (Å²) in [7, 11) is 0. The number of aliphatic hydroxyl groups excluding tert-OH is 1. The normalized spacial score (nSPS) is 18.5. The van der Waals surface area contributed by atoms with Gasteiger partial charge >= 0.3 is 0 Å². The molecule has 0 radical (unpaired) electrons. The van der Waals surface area contributed by atoms with Gasteiger partial charge in [0, 0.05) is 19.6 Å². The number of aliphatic hydroxyl groups is 1. The number of carbonyl (C=O) groups excluding carboxylic acids is 1. The number of amides is 1. The van der Waals surface area contributed by atoms with Gasteiger partial charge < -0.3 is 10.4 Å². The van der Waals surface area contributed by atoms with Crippen molar-refractivity contribution in [1.29, 1.82) is 0 Å². The predicted octanol–water partition coefficient (Wildman–Crippen LogP) is 0.430. The van der Waals surface area contributed by atoms with Crippen LogP contribution in [0.4, 0.5) is 8.78 Å². The standard InChI is InChI=1S/C12H14F2N2O2/c13-8-2-1-3-9(14)12(8)10(17)6-16-5-4-15-11(18)7-16/h1-3,10,17H,4-7H2,(H,15,18). The van der Waals surface area contributed by atoms with E-state index >= 15 is 0 Å². The van der Waals surface area contributed by atoms with Crippen LogP contribution in [-0.4, -0.2) is 42.1 Å². The Bertz CT molecular complexity index is 433. The third kappa shape index (κ3) is 2.83. The second kappa shape index (κ2) is 5.41. The van der Waals surface area contributed by atoms with Crippen LogP contribution >= 0.6 is 0 Å². The van der Waals surface area contributed by atoms with Gasteiger partial charge in [-0.1, -0.05) is 6.07 Å². The topological polar surface area (TPSA) is 52.6 Å². The number of nitrogens with one attached hydrogen (secondary N) is 1. The highest BCUT2D eigenvalue weighted by Crippen LogP contribution is 2.21. The summed E-state index contributed by atoms with van der Waals surface area (Å²) in [6.07, 6.45) is -1.28. The summed E-state index contributed by atoms with van der Waals surface area (Å²) in [5.74, 6) is -1.70. The van der Waals surface area contributed by atoms with Crippen LogP contribution in [0.2, 0.25) is 0 Å². The molecule has 1 heterocycles. The molecule has 2 rings (SSSR count). The van der Waals surface area contributed by atoms with E-state index in [9.17, 15) is 18.7 Å². The lowest BCUT2D eigenvalue weighted by molar-refractivity contribution is -0.124. The molecule has 4 nitrogen and oxygen atoms in total. The second-order valence-corrected chi connectivity index (χ2v) is 4.24. The molecule has 0 bridgehead atoms. The number of β-amino-alcohol motifs (C(OH)–C–C–N with tert-alkyl or cyclic N) is 1. The number of carbonyl (C=O) groups is 1. The molecule has 18 heavy (non-hydrogen) atoms. The minimum atomic E-state index is -1.28. The fraction of sp³-hybridized carbons (Fsp3) is 0.417. The molecule has 0 saturated carbocycles. The van der Waals surface area contributed by atoms with E-state index in [-0.39, 0.29) is 24.6 Å². The Kier molecular flexibility index (Phi) is 3.88. The van der Waals surface area contributed by atoms with Gasteiger partial charge in [-0.3, -0.25) is 9.69 Å². The van der Waals surface area contributed by atoms with Gasteiger partial charge in [-0.05, 0) is 12.1 Å². The lowest BCUT2D eigenvalue weighted by Crippen LogP contribution is -2.48. The first kappa shape index (κ1) is 12.9. The molecule has 1 aliphatic heterocycles. The van der Waals surface area contributed by atoms with Crippen molar-refractivity contribution in [1.82, 2.24) is 10.2 Å². The van der Waals surface area contributed by atoms with Crippen LogP contribution in [-0.2, 0) is 4.79 Å². The second-order valence-electron chi connectivity index (χ2n) is 4.24. The summed E-state index contributed by atoms with van der Waals surface area (Å²) in [5, 5.41) is 12.5. The minimum Gasteiger partial charge on any atom is -0.387 e. The predicted molar refractivity (Wildman–Crippen MR) is 60.8 cm³/mol. The molecule has 1 unspecified atom stereocenters. The molecule has 1 atom stereocenters. The van der Waals surface area contributed by atoms with E-state index in [4.69, 9.17) is 0 Å². The van der Waals surface area contributed by atoms with Crippen LogP contribution in [0.5, 0.6) is 0 Å². The highest BCUT2D eigenvalue weighted by Gasteiger charge is 2.23. The fourth-order valence-electron chi connectivity index (χ4n) is 2.01. The van der Waals surface area contributed by atoms with Crippen LogP contribution in [0.3, 0.4) is 0 Å². The van der Waals surface area contributed by atoms with E-state index in [1.165, 1.54) is 6.07 Å². The zero-order chi connectivity index (χ0) is 13.1. The van der Waals surface area contributed by atoms with Crippen molar-refractivity contribution in [3.05, 3.63) is 35.4 Å². The van der Waals surface area contributed by atoms with Gasteiger partial charge in [-0.15, -0.1) is 0 Å². The van der Waals surface area contributed by atoms with Gasteiger partial charge in [-0.25, -0.2) is 8.78 Å². The quantitative estimate of drug-likeness (QED) is 0.824. The first-order valence-electron chi connectivity index (χ1n) is 5.69. The number of halogens is 2. The zero-order valence-electron chi connectivity index (χ0n) is 9.70. The Balaban J connectivity index is 2.07. The van der Waals surface area contributed by atoms with Crippen LogP contribution in [0.1, 0.15) is 11.7 Å². The van der Waals surface area contributed by atoms with Crippen molar-refractivity contribution in [2.24, 2.45) is 0 Å². The monoisotopic (exact) mass is 256 g/mol. The molecule has 1 saturated heterocycles. The van der Waals surface area contributed by atoms with E-state index in [0.717, 1.165) is 12.1 Å². The molecular formula is C12H14F2N2O2. The molecule has 1 fully saturated rings. The highest BCUT2D eigenvalue weighted by molar-refractivity contribution is 5.78. The average molecular weight is 256 g/mol. The Morgan fingerprint density at radius 3 is 2.67 bits per heavy atom. The van der Waals surface area contributed by atoms with Gasteiger partial charge in [0.05, 0.1) is 18.2 Å². The van der Waals surface area contributed by atoms with Gasteiger partial charge in [0.15, 0.2) is 0 Å². The summed E-state index contributed by atoms with van der Waals surface area (Å²) >= 11 is 0. The van der Waals surface area contributed by atoms with E-state index in [2.05, 4.69) is 5.32 Å². The number of hydrogen-bond donors (Lipinski definition) is 2. The van der Waals surface area contributed by atoms with E-state index in [1.54, 1.807) is 4.90 Å². The Morgan fingerprint density at radius 2 is 2.06 bits per heavy atom. The molecule has 1 aromatic rings. The molecule has 0 spiro atoms. The molecule has 0 aliphatic carbocycles. The summed E-state index contributed by atoms with van der Waals surface area (Å²) in [4.78, 5) is 12.8. The largest absolute Gasteiger partial charge is 0.387 e. The van der Waals surface area contributed by atoms with Crippen molar-refractivity contribution in [2.45, 2.75) is 6.10 Å². The Labute approximate surface area is 103 Å². The fourth-order valence-corrected chi connectivity index (χ4v) is 2.01. The van der Waals surface area contributed by atoms with Gasteiger partial charge in [0.2, 0.25) is 5.91 Å². The number of benzene rings is 1. The maximum Gasteiger partial charge on any atom is 0.234 e. The number of hydrogen-bond acceptors (Lipinski definition) is 3. The zero-order valence-corrected chi connectivity index (χ0v) is 9.70. The van der Waals surface area contributed by atoms with Crippen molar-refractivity contribution in [3.8, 4) is 0 Å². The van der Waals surface area contributed by atoms with Crippen LogP contribution in [0.15, 0.2) is 18.2 Å². The molecule has 98 valence electrons. The number of piperazine rings is 1. The van der Waals surface area contributed by atoms with Crippen molar-refractivity contribution >= 4 is 5.91 Å². The molecule has 2 N–H and O–H groups in total. The van der Waals surface area contributed by atoms with Gasteiger partial charge in [0.25, 0.3) is 0 Å². The summed E-state index contributed by atoms with van der Waals surface area (Å²) in [6, 6.07) is 3.45. The number of nitrogens with zero attached hydrogens (tertiary/aromatic N) is 1. The molecule has 6 heteroatoms. The lowest BCUT2D eigenvalue weighted by Gasteiger charge is -2.28. The summed E-state index contributed by atoms with van der Waals surface area (Å²) in [6.45, 7) is 1.20. The first-order chi connectivity index (χ1) is 8.58. The third-order valence-corrected chi connectivity index (χ3v) is 2.88. The van der Waals surface area contributed by atoms with Crippen LogP contribution < -0.4 is 5.32 Å². The minimum absolute atomic E-state index is 0.0330. The average Bonchev–Trinajstić information content (AvgIpc) is 2.28. The van der Waals surface area contributed by atoms with E-state index in [1.807, 2.05) is 0 Å². The SMILES string of the molecule is O=C1CN(CC(O)c2c(F)cccc2F)CCN1. The first-order valence-corrected chi connectivity index (χ1v) is 5.69. The maximum atomic E-state index is 13.4. The van der Waals surface area contributed by atoms with E-state index < -0.39 is 17.7 Å². The Hall–Kier alpha value is -1.53. The maximum absolute atomic E-state index is 13.4. The van der Waals surface area contributed by atoms with Crippen molar-refractivity contribution < 1.29 is 18.7 Å². The molecule has 1 aromatic carbocycles. The van der Waals surface area contributed by atoms with Crippen LogP contribution in [0, 0.1) is 11.6 Å².